The van der Waals surface area contributed by atoms with Crippen LogP contribution in [0.25, 0.3) is 33.4 Å². The molecule has 1 unspecified atom stereocenters. The van der Waals surface area contributed by atoms with Crippen LogP contribution in [0, 0.1) is 0 Å². The molecule has 0 saturated carbocycles. The van der Waals surface area contributed by atoms with Crippen LogP contribution in [0.2, 0.25) is 0 Å². The van der Waals surface area contributed by atoms with Gasteiger partial charge < -0.3 is 4.90 Å². The highest BCUT2D eigenvalue weighted by Crippen LogP contribution is 2.58. The van der Waals surface area contributed by atoms with E-state index in [9.17, 15) is 0 Å². The van der Waals surface area contributed by atoms with Crippen LogP contribution in [0.5, 0.6) is 0 Å². The number of nitrogens with zero attached hydrogens (tertiary/aromatic N) is 1. The molecule has 0 bridgehead atoms. The van der Waals surface area contributed by atoms with Crippen LogP contribution < -0.4 is 4.90 Å². The van der Waals surface area contributed by atoms with Crippen molar-refractivity contribution in [2.24, 2.45) is 0 Å². The van der Waals surface area contributed by atoms with E-state index in [0.29, 0.717) is 0 Å². The van der Waals surface area contributed by atoms with Crippen molar-refractivity contribution >= 4 is 33.0 Å². The number of hydrogen-bond donors (Lipinski definition) is 0. The van der Waals surface area contributed by atoms with Gasteiger partial charge in [0.25, 0.3) is 0 Å². The van der Waals surface area contributed by atoms with Crippen LogP contribution in [-0.4, -0.2) is 0 Å². The fourth-order valence-electron chi connectivity index (χ4n) is 7.93. The van der Waals surface area contributed by atoms with Crippen LogP contribution in [0.4, 0.5) is 17.1 Å². The molecule has 9 rings (SSSR count). The van der Waals surface area contributed by atoms with Crippen molar-refractivity contribution in [3.8, 4) is 33.4 Å². The number of anilines is 3. The lowest BCUT2D eigenvalue weighted by molar-refractivity contribution is 0.764. The Bertz CT molecular complexity index is 2370. The summed E-state index contributed by atoms with van der Waals surface area (Å²) < 4.78 is 1.09. The van der Waals surface area contributed by atoms with E-state index in [0.717, 1.165) is 21.5 Å². The Labute approximate surface area is 308 Å². The molecule has 0 amide bonds. The van der Waals surface area contributed by atoms with E-state index in [2.05, 4.69) is 227 Å². The van der Waals surface area contributed by atoms with E-state index in [-0.39, 0.29) is 0 Å². The maximum absolute atomic E-state index is 4.00. The molecule has 0 heterocycles. The first kappa shape index (κ1) is 31.1. The van der Waals surface area contributed by atoms with Crippen LogP contribution in [-0.2, 0) is 5.41 Å². The van der Waals surface area contributed by atoms with Crippen molar-refractivity contribution in [1.29, 1.82) is 0 Å². The van der Waals surface area contributed by atoms with Crippen molar-refractivity contribution in [2.75, 3.05) is 4.90 Å². The molecule has 8 aromatic rings. The molecule has 242 valence electrons. The SMILES string of the molecule is Brc1ccccc1C1(c2ccccc2)c2ccccc2-c2ccc(N(c3ccc(-c4ccccc4)cc3)c3ccc(-c4ccccc4)cc3)cc21. The second-order valence-electron chi connectivity index (χ2n) is 13.0. The molecule has 0 N–H and O–H groups in total. The Balaban J connectivity index is 1.27. The third-order valence-corrected chi connectivity index (χ3v) is 10.9. The van der Waals surface area contributed by atoms with E-state index in [1.165, 1.54) is 55.6 Å². The molecule has 1 atom stereocenters. The predicted octanol–water partition coefficient (Wildman–Crippen LogP) is 13.6. The summed E-state index contributed by atoms with van der Waals surface area (Å²) in [7, 11) is 0. The van der Waals surface area contributed by atoms with Gasteiger partial charge in [-0.1, -0.05) is 180 Å². The number of halogens is 1. The molecule has 0 saturated heterocycles. The second kappa shape index (κ2) is 13.1. The van der Waals surface area contributed by atoms with Gasteiger partial charge in [-0.25, -0.2) is 0 Å². The van der Waals surface area contributed by atoms with Crippen LogP contribution in [0.3, 0.4) is 0 Å². The minimum absolute atomic E-state index is 0.525. The number of rotatable bonds is 7. The van der Waals surface area contributed by atoms with Gasteiger partial charge in [-0.2, -0.15) is 0 Å². The summed E-state index contributed by atoms with van der Waals surface area (Å²) >= 11 is 4.00. The van der Waals surface area contributed by atoms with E-state index in [1.807, 2.05) is 0 Å². The molecule has 0 radical (unpaired) electrons. The average Bonchev–Trinajstić information content (AvgIpc) is 3.50. The molecule has 51 heavy (non-hydrogen) atoms. The van der Waals surface area contributed by atoms with E-state index in [4.69, 9.17) is 0 Å². The molecule has 8 aromatic carbocycles. The lowest BCUT2D eigenvalue weighted by Crippen LogP contribution is -2.29. The Hall–Kier alpha value is -5.96. The maximum atomic E-state index is 4.00. The van der Waals surface area contributed by atoms with Gasteiger partial charge in [0, 0.05) is 21.5 Å². The Morgan fingerprint density at radius 2 is 0.765 bits per heavy atom. The predicted molar refractivity (Wildman–Crippen MR) is 217 cm³/mol. The topological polar surface area (TPSA) is 3.24 Å². The summed E-state index contributed by atoms with van der Waals surface area (Å²) in [6, 6.07) is 74.7. The van der Waals surface area contributed by atoms with Crippen molar-refractivity contribution in [2.45, 2.75) is 5.41 Å². The van der Waals surface area contributed by atoms with Gasteiger partial charge in [0.15, 0.2) is 0 Å². The largest absolute Gasteiger partial charge is 0.310 e. The minimum Gasteiger partial charge on any atom is -0.310 e. The lowest BCUT2D eigenvalue weighted by Gasteiger charge is -2.35. The molecule has 0 fully saturated rings. The third kappa shape index (κ3) is 5.31. The normalized spacial score (nSPS) is 14.5. The number of hydrogen-bond acceptors (Lipinski definition) is 1. The monoisotopic (exact) mass is 715 g/mol. The van der Waals surface area contributed by atoms with Crippen LogP contribution >= 0.6 is 15.9 Å². The zero-order valence-corrected chi connectivity index (χ0v) is 29.5. The van der Waals surface area contributed by atoms with Gasteiger partial charge in [0.1, 0.15) is 0 Å². The standard InChI is InChI=1S/C49H34BrN/c50-48-23-13-12-22-46(48)49(39-18-8-3-9-19-39)45-21-11-10-20-43(45)44-33-32-42(34-47(44)49)51(40-28-24-37(25-29-40)35-14-4-1-5-15-35)41-30-26-38(27-31-41)36-16-6-2-7-17-36/h1-34H. The molecule has 2 heteroatoms. The molecule has 0 spiro atoms. The molecule has 1 aliphatic rings. The summed E-state index contributed by atoms with van der Waals surface area (Å²) in [5.41, 5.74) is 15.1. The Kier molecular flexibility index (Phi) is 7.95. The number of fused-ring (bicyclic) bond motifs is 3. The Morgan fingerprint density at radius 3 is 1.33 bits per heavy atom. The summed E-state index contributed by atoms with van der Waals surface area (Å²) in [5, 5.41) is 0. The van der Waals surface area contributed by atoms with Gasteiger partial charge in [-0.3, -0.25) is 0 Å². The first-order chi connectivity index (χ1) is 25.2. The molecular formula is C49H34BrN. The molecule has 1 nitrogen and oxygen atoms in total. The fraction of sp³-hybridized carbons (Fsp3) is 0.0204. The van der Waals surface area contributed by atoms with Gasteiger partial charge in [0.2, 0.25) is 0 Å². The Morgan fingerprint density at radius 1 is 0.333 bits per heavy atom. The molecule has 1 aliphatic carbocycles. The highest BCUT2D eigenvalue weighted by molar-refractivity contribution is 9.10. The lowest BCUT2D eigenvalue weighted by atomic mass is 9.67. The third-order valence-electron chi connectivity index (χ3n) is 10.2. The molecule has 0 aromatic heterocycles. The van der Waals surface area contributed by atoms with Crippen molar-refractivity contribution in [3.63, 3.8) is 0 Å². The van der Waals surface area contributed by atoms with E-state index in [1.54, 1.807) is 0 Å². The van der Waals surface area contributed by atoms with Crippen molar-refractivity contribution in [3.05, 3.63) is 233 Å². The van der Waals surface area contributed by atoms with Crippen molar-refractivity contribution in [1.82, 2.24) is 0 Å². The van der Waals surface area contributed by atoms with Gasteiger partial charge in [-0.15, -0.1) is 0 Å². The second-order valence-corrected chi connectivity index (χ2v) is 13.9. The van der Waals surface area contributed by atoms with E-state index < -0.39 is 5.41 Å². The quantitative estimate of drug-likeness (QED) is 0.159. The summed E-state index contributed by atoms with van der Waals surface area (Å²) in [5.74, 6) is 0. The highest BCUT2D eigenvalue weighted by Gasteiger charge is 2.47. The molecule has 0 aliphatic heterocycles. The van der Waals surface area contributed by atoms with Crippen LogP contribution in [0.15, 0.2) is 211 Å². The van der Waals surface area contributed by atoms with Crippen molar-refractivity contribution < 1.29 is 0 Å². The molecular weight excluding hydrogens is 682 g/mol. The summed E-state index contributed by atoms with van der Waals surface area (Å²) in [6.45, 7) is 0. The average molecular weight is 717 g/mol. The smallest absolute Gasteiger partial charge is 0.0725 e. The van der Waals surface area contributed by atoms with E-state index >= 15 is 0 Å². The highest BCUT2D eigenvalue weighted by atomic mass is 79.9. The zero-order chi connectivity index (χ0) is 34.2. The summed E-state index contributed by atoms with van der Waals surface area (Å²) in [6.07, 6.45) is 0. The van der Waals surface area contributed by atoms with Crippen LogP contribution in [0.1, 0.15) is 22.3 Å². The first-order valence-electron chi connectivity index (χ1n) is 17.4. The zero-order valence-electron chi connectivity index (χ0n) is 28.0. The first-order valence-corrected chi connectivity index (χ1v) is 18.2. The maximum Gasteiger partial charge on any atom is 0.0725 e. The van der Waals surface area contributed by atoms with Gasteiger partial charge >= 0.3 is 0 Å². The minimum atomic E-state index is -0.525. The van der Waals surface area contributed by atoms with Gasteiger partial charge in [-0.05, 0) is 98.1 Å². The fourth-order valence-corrected chi connectivity index (χ4v) is 8.51. The summed E-state index contributed by atoms with van der Waals surface area (Å²) in [4.78, 5) is 2.39. The van der Waals surface area contributed by atoms with Gasteiger partial charge in [0.05, 0.1) is 5.41 Å². The number of benzene rings is 8.